The Kier molecular flexibility index (Phi) is 6.33. The number of pyridine rings is 1. The molecule has 2 heterocycles. The highest BCUT2D eigenvalue weighted by Gasteiger charge is 2.11. The van der Waals surface area contributed by atoms with Gasteiger partial charge < -0.3 is 10.1 Å². The van der Waals surface area contributed by atoms with Gasteiger partial charge in [0, 0.05) is 30.2 Å². The van der Waals surface area contributed by atoms with E-state index in [0.717, 1.165) is 22.9 Å². The van der Waals surface area contributed by atoms with Crippen molar-refractivity contribution in [3.05, 3.63) is 76.0 Å². The molecule has 26 heavy (non-hydrogen) atoms. The fourth-order valence-electron chi connectivity index (χ4n) is 2.42. The predicted octanol–water partition coefficient (Wildman–Crippen LogP) is 3.65. The molecule has 0 radical (unpaired) electrons. The number of amides is 1. The van der Waals surface area contributed by atoms with E-state index >= 15 is 0 Å². The SMILES string of the molecule is CCc1cccc(OCc2nc(C(=O)NCCc3ccccn3)cs2)c1. The number of ether oxygens (including phenoxy) is 1. The summed E-state index contributed by atoms with van der Waals surface area (Å²) in [6.45, 7) is 3.00. The van der Waals surface area contributed by atoms with E-state index in [1.54, 1.807) is 11.6 Å². The van der Waals surface area contributed by atoms with Gasteiger partial charge in [-0.3, -0.25) is 9.78 Å². The van der Waals surface area contributed by atoms with Gasteiger partial charge in [-0.15, -0.1) is 11.3 Å². The van der Waals surface area contributed by atoms with E-state index in [4.69, 9.17) is 4.74 Å². The van der Waals surface area contributed by atoms with Crippen molar-refractivity contribution in [1.82, 2.24) is 15.3 Å². The Morgan fingerprint density at radius 2 is 2.15 bits per heavy atom. The summed E-state index contributed by atoms with van der Waals surface area (Å²) < 4.78 is 5.77. The molecular weight excluding hydrogens is 346 g/mol. The number of thiazole rings is 1. The summed E-state index contributed by atoms with van der Waals surface area (Å²) in [4.78, 5) is 20.8. The zero-order valence-electron chi connectivity index (χ0n) is 14.6. The maximum Gasteiger partial charge on any atom is 0.270 e. The van der Waals surface area contributed by atoms with E-state index in [9.17, 15) is 4.79 Å². The number of nitrogens with one attached hydrogen (secondary N) is 1. The van der Waals surface area contributed by atoms with Crippen LogP contribution in [-0.4, -0.2) is 22.4 Å². The van der Waals surface area contributed by atoms with Gasteiger partial charge in [-0.05, 0) is 36.2 Å². The highest BCUT2D eigenvalue weighted by molar-refractivity contribution is 7.09. The number of carbonyl (C=O) groups excluding carboxylic acids is 1. The lowest BCUT2D eigenvalue weighted by Crippen LogP contribution is -2.26. The van der Waals surface area contributed by atoms with Crippen LogP contribution in [-0.2, 0) is 19.4 Å². The van der Waals surface area contributed by atoms with Crippen LogP contribution in [0.4, 0.5) is 0 Å². The number of aryl methyl sites for hydroxylation is 1. The van der Waals surface area contributed by atoms with Crippen molar-refractivity contribution in [3.63, 3.8) is 0 Å². The largest absolute Gasteiger partial charge is 0.486 e. The van der Waals surface area contributed by atoms with Crippen LogP contribution in [0.3, 0.4) is 0 Å². The first-order valence-electron chi connectivity index (χ1n) is 8.59. The Hall–Kier alpha value is -2.73. The van der Waals surface area contributed by atoms with Crippen LogP contribution in [0.25, 0.3) is 0 Å². The fourth-order valence-corrected chi connectivity index (χ4v) is 3.11. The van der Waals surface area contributed by atoms with Crippen molar-refractivity contribution < 1.29 is 9.53 Å². The van der Waals surface area contributed by atoms with Crippen LogP contribution in [0, 0.1) is 0 Å². The average molecular weight is 367 g/mol. The normalized spacial score (nSPS) is 10.5. The third kappa shape index (κ3) is 5.13. The maximum atomic E-state index is 12.2. The molecule has 3 rings (SSSR count). The summed E-state index contributed by atoms with van der Waals surface area (Å²) in [7, 11) is 0. The van der Waals surface area contributed by atoms with Crippen LogP contribution in [0.1, 0.15) is 33.7 Å². The lowest BCUT2D eigenvalue weighted by atomic mass is 10.2. The standard InChI is InChI=1S/C20H21N3O2S/c1-2-15-6-5-8-17(12-15)25-13-19-23-18(14-26-19)20(24)22-11-9-16-7-3-4-10-21-16/h3-8,10,12,14H,2,9,11,13H2,1H3,(H,22,24). The van der Waals surface area contributed by atoms with Crippen LogP contribution in [0.5, 0.6) is 5.75 Å². The summed E-state index contributed by atoms with van der Waals surface area (Å²) in [5, 5.41) is 5.41. The van der Waals surface area contributed by atoms with Gasteiger partial charge in [0.2, 0.25) is 0 Å². The first-order valence-corrected chi connectivity index (χ1v) is 9.47. The highest BCUT2D eigenvalue weighted by atomic mass is 32.1. The molecule has 1 N–H and O–H groups in total. The molecule has 0 spiro atoms. The second kappa shape index (κ2) is 9.10. The summed E-state index contributed by atoms with van der Waals surface area (Å²) in [6, 6.07) is 13.8. The highest BCUT2D eigenvalue weighted by Crippen LogP contribution is 2.17. The summed E-state index contributed by atoms with van der Waals surface area (Å²) in [5.41, 5.74) is 2.61. The van der Waals surface area contributed by atoms with Gasteiger partial charge in [-0.1, -0.05) is 25.1 Å². The molecule has 6 heteroatoms. The Balaban J connectivity index is 1.48. The molecule has 0 unspecified atom stereocenters. The second-order valence-electron chi connectivity index (χ2n) is 5.74. The molecule has 0 bridgehead atoms. The van der Waals surface area contributed by atoms with E-state index in [0.29, 0.717) is 25.3 Å². The van der Waals surface area contributed by atoms with E-state index in [1.807, 2.05) is 36.4 Å². The summed E-state index contributed by atoms with van der Waals surface area (Å²) in [6.07, 6.45) is 3.41. The number of nitrogens with zero attached hydrogens (tertiary/aromatic N) is 2. The number of benzene rings is 1. The van der Waals surface area contributed by atoms with Crippen LogP contribution < -0.4 is 10.1 Å². The van der Waals surface area contributed by atoms with Crippen molar-refractivity contribution in [3.8, 4) is 5.75 Å². The minimum atomic E-state index is -0.170. The van der Waals surface area contributed by atoms with Gasteiger partial charge in [0.25, 0.3) is 5.91 Å². The fraction of sp³-hybridized carbons (Fsp3) is 0.250. The van der Waals surface area contributed by atoms with Crippen molar-refractivity contribution in [2.75, 3.05) is 6.54 Å². The Morgan fingerprint density at radius 3 is 2.96 bits per heavy atom. The van der Waals surface area contributed by atoms with Gasteiger partial charge >= 0.3 is 0 Å². The molecule has 1 aromatic carbocycles. The molecule has 134 valence electrons. The molecular formula is C20H21N3O2S. The smallest absolute Gasteiger partial charge is 0.270 e. The molecule has 0 aliphatic heterocycles. The van der Waals surface area contributed by atoms with Gasteiger partial charge in [-0.2, -0.15) is 0 Å². The van der Waals surface area contributed by atoms with Crippen LogP contribution in [0.15, 0.2) is 54.0 Å². The zero-order chi connectivity index (χ0) is 18.2. The maximum absolute atomic E-state index is 12.2. The lowest BCUT2D eigenvalue weighted by molar-refractivity contribution is 0.0949. The number of aromatic nitrogens is 2. The molecule has 5 nitrogen and oxygen atoms in total. The van der Waals surface area contributed by atoms with Crippen molar-refractivity contribution >= 4 is 17.2 Å². The van der Waals surface area contributed by atoms with E-state index < -0.39 is 0 Å². The molecule has 0 saturated carbocycles. The molecule has 3 aromatic rings. The van der Waals surface area contributed by atoms with Gasteiger partial charge in [-0.25, -0.2) is 4.98 Å². The minimum Gasteiger partial charge on any atom is -0.486 e. The van der Waals surface area contributed by atoms with Gasteiger partial charge in [0.15, 0.2) is 0 Å². The first-order chi connectivity index (χ1) is 12.7. The van der Waals surface area contributed by atoms with Crippen LogP contribution in [0.2, 0.25) is 0 Å². The van der Waals surface area contributed by atoms with Crippen LogP contribution >= 0.6 is 11.3 Å². The van der Waals surface area contributed by atoms with Gasteiger partial charge in [0.05, 0.1) is 0 Å². The predicted molar refractivity (Wildman–Crippen MR) is 103 cm³/mol. The van der Waals surface area contributed by atoms with E-state index in [1.165, 1.54) is 16.9 Å². The number of hydrogen-bond donors (Lipinski definition) is 1. The number of hydrogen-bond acceptors (Lipinski definition) is 5. The quantitative estimate of drug-likeness (QED) is 0.660. The zero-order valence-corrected chi connectivity index (χ0v) is 15.5. The Morgan fingerprint density at radius 1 is 1.23 bits per heavy atom. The summed E-state index contributed by atoms with van der Waals surface area (Å²) >= 11 is 1.43. The molecule has 0 atom stereocenters. The molecule has 0 fully saturated rings. The Labute approximate surface area is 157 Å². The minimum absolute atomic E-state index is 0.170. The molecule has 0 aliphatic carbocycles. The lowest BCUT2D eigenvalue weighted by Gasteiger charge is -2.05. The first kappa shape index (κ1) is 18.1. The van der Waals surface area contributed by atoms with E-state index in [2.05, 4.69) is 28.3 Å². The number of carbonyl (C=O) groups is 1. The molecule has 1 amide bonds. The third-order valence-corrected chi connectivity index (χ3v) is 4.67. The topological polar surface area (TPSA) is 64.1 Å². The average Bonchev–Trinajstić information content (AvgIpc) is 3.16. The second-order valence-corrected chi connectivity index (χ2v) is 6.69. The molecule has 0 aliphatic rings. The summed E-state index contributed by atoms with van der Waals surface area (Å²) in [5.74, 6) is 0.650. The van der Waals surface area contributed by atoms with Crippen molar-refractivity contribution in [2.24, 2.45) is 0 Å². The number of rotatable bonds is 8. The molecule has 2 aromatic heterocycles. The Bertz CT molecular complexity index is 849. The third-order valence-electron chi connectivity index (χ3n) is 3.85. The molecule has 0 saturated heterocycles. The van der Waals surface area contributed by atoms with Crippen molar-refractivity contribution in [1.29, 1.82) is 0 Å². The van der Waals surface area contributed by atoms with Crippen molar-refractivity contribution in [2.45, 2.75) is 26.4 Å². The van der Waals surface area contributed by atoms with Gasteiger partial charge in [0.1, 0.15) is 23.1 Å². The monoisotopic (exact) mass is 367 g/mol. The van der Waals surface area contributed by atoms with E-state index in [-0.39, 0.29) is 5.91 Å².